The van der Waals surface area contributed by atoms with Crippen LogP contribution < -0.4 is 10.1 Å². The molecule has 4 nitrogen and oxygen atoms in total. The topological polar surface area (TPSA) is 58.2 Å². The Labute approximate surface area is 116 Å². The van der Waals surface area contributed by atoms with Gasteiger partial charge in [0.05, 0.1) is 13.7 Å². The van der Waals surface area contributed by atoms with Gasteiger partial charge in [-0.25, -0.2) is 4.39 Å². The second-order valence-corrected chi connectivity index (χ2v) is 4.37. The largest absolute Gasteiger partial charge is 0.496 e. The molecule has 0 bridgehead atoms. The first-order valence-corrected chi connectivity index (χ1v) is 6.19. The maximum absolute atomic E-state index is 13.3. The van der Waals surface area contributed by atoms with Gasteiger partial charge < -0.3 is 14.5 Å². The predicted molar refractivity (Wildman–Crippen MR) is 71.6 cm³/mol. The SMILES string of the molecule is COc1ccc(F)cc1C(C)NCc1ccc(C#N)o1. The lowest BCUT2D eigenvalue weighted by atomic mass is 10.1. The first kappa shape index (κ1) is 14.1. The van der Waals surface area contributed by atoms with Crippen molar-refractivity contribution in [3.05, 3.63) is 53.2 Å². The van der Waals surface area contributed by atoms with Crippen LogP contribution in [0.4, 0.5) is 4.39 Å². The number of rotatable bonds is 5. The summed E-state index contributed by atoms with van der Waals surface area (Å²) in [7, 11) is 1.55. The van der Waals surface area contributed by atoms with Crippen LogP contribution in [0, 0.1) is 17.1 Å². The molecule has 2 rings (SSSR count). The Morgan fingerprint density at radius 2 is 2.20 bits per heavy atom. The van der Waals surface area contributed by atoms with Crippen molar-refractivity contribution < 1.29 is 13.5 Å². The number of nitriles is 1. The fourth-order valence-corrected chi connectivity index (χ4v) is 1.94. The van der Waals surface area contributed by atoms with E-state index in [-0.39, 0.29) is 17.6 Å². The zero-order chi connectivity index (χ0) is 14.5. The van der Waals surface area contributed by atoms with Crippen molar-refractivity contribution in [3.63, 3.8) is 0 Å². The van der Waals surface area contributed by atoms with E-state index in [0.717, 1.165) is 5.56 Å². The van der Waals surface area contributed by atoms with Crippen molar-refractivity contribution >= 4 is 0 Å². The van der Waals surface area contributed by atoms with E-state index in [9.17, 15) is 4.39 Å². The average molecular weight is 274 g/mol. The summed E-state index contributed by atoms with van der Waals surface area (Å²) < 4.78 is 23.8. The number of nitrogens with one attached hydrogen (secondary N) is 1. The number of benzene rings is 1. The monoisotopic (exact) mass is 274 g/mol. The number of nitrogens with zero attached hydrogens (tertiary/aromatic N) is 1. The van der Waals surface area contributed by atoms with Gasteiger partial charge in [0.1, 0.15) is 23.4 Å². The second kappa shape index (κ2) is 6.22. The maximum atomic E-state index is 13.3. The van der Waals surface area contributed by atoms with Crippen molar-refractivity contribution in [1.82, 2.24) is 5.32 Å². The molecule has 0 spiro atoms. The summed E-state index contributed by atoms with van der Waals surface area (Å²) in [6.45, 7) is 2.36. The third-order valence-corrected chi connectivity index (χ3v) is 3.01. The quantitative estimate of drug-likeness (QED) is 0.910. The van der Waals surface area contributed by atoms with E-state index < -0.39 is 0 Å². The van der Waals surface area contributed by atoms with E-state index >= 15 is 0 Å². The smallest absolute Gasteiger partial charge is 0.203 e. The van der Waals surface area contributed by atoms with Gasteiger partial charge in [-0.1, -0.05) is 0 Å². The molecule has 0 saturated carbocycles. The molecule has 1 unspecified atom stereocenters. The lowest BCUT2D eigenvalue weighted by molar-refractivity contribution is 0.395. The zero-order valence-corrected chi connectivity index (χ0v) is 11.3. The van der Waals surface area contributed by atoms with Crippen molar-refractivity contribution in [2.75, 3.05) is 7.11 Å². The van der Waals surface area contributed by atoms with Crippen molar-refractivity contribution in [1.29, 1.82) is 5.26 Å². The lowest BCUT2D eigenvalue weighted by Gasteiger charge is -2.16. The van der Waals surface area contributed by atoms with Crippen LogP contribution in [-0.2, 0) is 6.54 Å². The molecule has 2 aromatic rings. The molecule has 0 aliphatic carbocycles. The summed E-state index contributed by atoms with van der Waals surface area (Å²) >= 11 is 0. The molecule has 0 amide bonds. The number of halogens is 1. The zero-order valence-electron chi connectivity index (χ0n) is 11.3. The first-order valence-electron chi connectivity index (χ1n) is 6.19. The van der Waals surface area contributed by atoms with E-state index in [1.54, 1.807) is 25.3 Å². The summed E-state index contributed by atoms with van der Waals surface area (Å²) in [5, 5.41) is 11.9. The number of furan rings is 1. The Kier molecular flexibility index (Phi) is 4.38. The van der Waals surface area contributed by atoms with Crippen LogP contribution in [-0.4, -0.2) is 7.11 Å². The van der Waals surface area contributed by atoms with Crippen LogP contribution in [0.15, 0.2) is 34.7 Å². The number of hydrogen-bond acceptors (Lipinski definition) is 4. The van der Waals surface area contributed by atoms with Gasteiger partial charge in [0.15, 0.2) is 0 Å². The van der Waals surface area contributed by atoms with Gasteiger partial charge in [0.2, 0.25) is 5.76 Å². The highest BCUT2D eigenvalue weighted by atomic mass is 19.1. The minimum Gasteiger partial charge on any atom is -0.496 e. The summed E-state index contributed by atoms with van der Waals surface area (Å²) in [6.07, 6.45) is 0. The highest BCUT2D eigenvalue weighted by Gasteiger charge is 2.13. The van der Waals surface area contributed by atoms with E-state index in [1.165, 1.54) is 12.1 Å². The molecule has 1 aromatic carbocycles. The van der Waals surface area contributed by atoms with E-state index in [2.05, 4.69) is 5.32 Å². The van der Waals surface area contributed by atoms with Gasteiger partial charge in [-0.2, -0.15) is 5.26 Å². The minimum absolute atomic E-state index is 0.115. The van der Waals surface area contributed by atoms with Gasteiger partial charge in [-0.15, -0.1) is 0 Å². The van der Waals surface area contributed by atoms with Gasteiger partial charge >= 0.3 is 0 Å². The van der Waals surface area contributed by atoms with Gasteiger partial charge in [-0.05, 0) is 37.3 Å². The Bertz CT molecular complexity index is 631. The molecule has 1 heterocycles. The van der Waals surface area contributed by atoms with E-state index in [4.69, 9.17) is 14.4 Å². The number of ether oxygens (including phenoxy) is 1. The van der Waals surface area contributed by atoms with Crippen molar-refractivity contribution in [2.24, 2.45) is 0 Å². The van der Waals surface area contributed by atoms with Crippen LogP contribution in [0.25, 0.3) is 0 Å². The fourth-order valence-electron chi connectivity index (χ4n) is 1.94. The molecule has 0 aliphatic rings. The molecule has 1 N–H and O–H groups in total. The van der Waals surface area contributed by atoms with Gasteiger partial charge in [0, 0.05) is 11.6 Å². The Morgan fingerprint density at radius 1 is 1.40 bits per heavy atom. The second-order valence-electron chi connectivity index (χ2n) is 4.37. The molecule has 0 aliphatic heterocycles. The first-order chi connectivity index (χ1) is 9.63. The third kappa shape index (κ3) is 3.16. The maximum Gasteiger partial charge on any atom is 0.203 e. The molecule has 0 saturated heterocycles. The van der Waals surface area contributed by atoms with Crippen LogP contribution >= 0.6 is 0 Å². The fraction of sp³-hybridized carbons (Fsp3) is 0.267. The molecular weight excluding hydrogens is 259 g/mol. The molecule has 1 aromatic heterocycles. The summed E-state index contributed by atoms with van der Waals surface area (Å²) in [5.41, 5.74) is 0.736. The molecule has 0 fully saturated rings. The van der Waals surface area contributed by atoms with Crippen LogP contribution in [0.2, 0.25) is 0 Å². The van der Waals surface area contributed by atoms with Crippen LogP contribution in [0.1, 0.15) is 30.0 Å². The normalized spacial score (nSPS) is 11.9. The van der Waals surface area contributed by atoms with E-state index in [0.29, 0.717) is 18.1 Å². The number of hydrogen-bond donors (Lipinski definition) is 1. The third-order valence-electron chi connectivity index (χ3n) is 3.01. The Morgan fingerprint density at radius 3 is 2.85 bits per heavy atom. The molecule has 1 atom stereocenters. The molecule has 104 valence electrons. The van der Waals surface area contributed by atoms with E-state index in [1.807, 2.05) is 13.0 Å². The van der Waals surface area contributed by atoms with Crippen LogP contribution in [0.5, 0.6) is 5.75 Å². The minimum atomic E-state index is -0.306. The predicted octanol–water partition coefficient (Wildman–Crippen LogP) is 3.15. The van der Waals surface area contributed by atoms with Gasteiger partial charge in [0.25, 0.3) is 0 Å². The van der Waals surface area contributed by atoms with Crippen molar-refractivity contribution in [2.45, 2.75) is 19.5 Å². The molecule has 0 radical (unpaired) electrons. The molecule has 20 heavy (non-hydrogen) atoms. The van der Waals surface area contributed by atoms with Crippen LogP contribution in [0.3, 0.4) is 0 Å². The average Bonchev–Trinajstić information content (AvgIpc) is 2.92. The van der Waals surface area contributed by atoms with Crippen molar-refractivity contribution in [3.8, 4) is 11.8 Å². The summed E-state index contributed by atoms with van der Waals surface area (Å²) in [4.78, 5) is 0. The molecular formula is C15H15FN2O2. The summed E-state index contributed by atoms with van der Waals surface area (Å²) in [6, 6.07) is 9.57. The highest BCUT2D eigenvalue weighted by Crippen LogP contribution is 2.26. The Balaban J connectivity index is 2.06. The highest BCUT2D eigenvalue weighted by molar-refractivity contribution is 5.36. The summed E-state index contributed by atoms with van der Waals surface area (Å²) in [5.74, 6) is 1.25. The van der Waals surface area contributed by atoms with Gasteiger partial charge in [-0.3, -0.25) is 0 Å². The molecule has 5 heteroatoms. The lowest BCUT2D eigenvalue weighted by Crippen LogP contribution is -2.18. The number of methoxy groups -OCH3 is 1. The standard InChI is InChI=1S/C15H15FN2O2/c1-10(14-7-11(16)3-6-15(14)19-2)18-9-13-5-4-12(8-17)20-13/h3-7,10,18H,9H2,1-2H3. The Hall–Kier alpha value is -2.32.